The maximum atomic E-state index is 11.6. The number of carbonyl (C=O) groups excluding carboxylic acids is 1. The van der Waals surface area contributed by atoms with Gasteiger partial charge in [0, 0.05) is 19.6 Å². The Kier molecular flexibility index (Phi) is 4.33. The highest BCUT2D eigenvalue weighted by molar-refractivity contribution is 5.73. The van der Waals surface area contributed by atoms with E-state index in [2.05, 4.69) is 17.0 Å². The third-order valence-electron chi connectivity index (χ3n) is 3.41. The van der Waals surface area contributed by atoms with Crippen LogP contribution >= 0.6 is 0 Å². The zero-order chi connectivity index (χ0) is 13.0. The van der Waals surface area contributed by atoms with Gasteiger partial charge in [-0.25, -0.2) is 0 Å². The topological polar surface area (TPSA) is 49.8 Å². The van der Waals surface area contributed by atoms with Crippen molar-refractivity contribution in [1.82, 2.24) is 4.90 Å². The minimum Gasteiger partial charge on any atom is -0.469 e. The number of hydrogen-bond donors (Lipinski definition) is 1. The summed E-state index contributed by atoms with van der Waals surface area (Å²) < 4.78 is 4.73. The Labute approximate surface area is 107 Å². The van der Waals surface area contributed by atoms with Crippen LogP contribution in [0.15, 0.2) is 30.3 Å². The Morgan fingerprint density at radius 1 is 1.44 bits per heavy atom. The van der Waals surface area contributed by atoms with Gasteiger partial charge in [-0.2, -0.15) is 0 Å². The van der Waals surface area contributed by atoms with Gasteiger partial charge in [0.1, 0.15) is 0 Å². The summed E-state index contributed by atoms with van der Waals surface area (Å²) in [6, 6.07) is 10.1. The average molecular weight is 249 g/mol. The molecule has 2 atom stereocenters. The van der Waals surface area contributed by atoms with E-state index in [0.29, 0.717) is 13.0 Å². The van der Waals surface area contributed by atoms with Crippen molar-refractivity contribution < 1.29 is 14.6 Å². The summed E-state index contributed by atoms with van der Waals surface area (Å²) in [7, 11) is 1.37. The molecule has 1 aliphatic heterocycles. The molecule has 4 nitrogen and oxygen atoms in total. The van der Waals surface area contributed by atoms with Crippen LogP contribution in [0.3, 0.4) is 0 Å². The Hall–Kier alpha value is -1.39. The molecule has 98 valence electrons. The van der Waals surface area contributed by atoms with Crippen LogP contribution in [0.25, 0.3) is 0 Å². The van der Waals surface area contributed by atoms with Crippen molar-refractivity contribution in [2.45, 2.75) is 19.1 Å². The lowest BCUT2D eigenvalue weighted by atomic mass is 9.94. The molecule has 1 N–H and O–H groups in total. The second-order valence-electron chi connectivity index (χ2n) is 4.71. The van der Waals surface area contributed by atoms with Gasteiger partial charge in [-0.1, -0.05) is 30.3 Å². The highest BCUT2D eigenvalue weighted by Crippen LogP contribution is 2.20. The largest absolute Gasteiger partial charge is 0.469 e. The van der Waals surface area contributed by atoms with E-state index in [9.17, 15) is 9.90 Å². The monoisotopic (exact) mass is 249 g/mol. The molecule has 0 aliphatic carbocycles. The number of aliphatic hydroxyl groups is 1. The van der Waals surface area contributed by atoms with E-state index >= 15 is 0 Å². The number of rotatable bonds is 3. The summed E-state index contributed by atoms with van der Waals surface area (Å²) in [5.74, 6) is -0.743. The van der Waals surface area contributed by atoms with Crippen molar-refractivity contribution >= 4 is 5.97 Å². The smallest absolute Gasteiger partial charge is 0.312 e. The number of esters is 1. The molecule has 0 spiro atoms. The molecule has 1 saturated heterocycles. The van der Waals surface area contributed by atoms with Gasteiger partial charge >= 0.3 is 5.97 Å². The van der Waals surface area contributed by atoms with Crippen molar-refractivity contribution in [3.63, 3.8) is 0 Å². The molecule has 1 aromatic carbocycles. The molecule has 4 heteroatoms. The summed E-state index contributed by atoms with van der Waals surface area (Å²) in [5, 5.41) is 9.83. The van der Waals surface area contributed by atoms with Crippen molar-refractivity contribution in [3.8, 4) is 0 Å². The molecule has 0 unspecified atom stereocenters. The van der Waals surface area contributed by atoms with Crippen molar-refractivity contribution in [3.05, 3.63) is 35.9 Å². The molecule has 0 amide bonds. The van der Waals surface area contributed by atoms with Crippen LogP contribution in [-0.4, -0.2) is 42.3 Å². The van der Waals surface area contributed by atoms with E-state index in [4.69, 9.17) is 4.74 Å². The first kappa shape index (κ1) is 13.1. The van der Waals surface area contributed by atoms with Crippen molar-refractivity contribution in [1.29, 1.82) is 0 Å². The van der Waals surface area contributed by atoms with Gasteiger partial charge in [-0.3, -0.25) is 9.69 Å². The van der Waals surface area contributed by atoms with Crippen LogP contribution in [0.1, 0.15) is 12.0 Å². The molecular formula is C14H19NO3. The molecule has 1 aliphatic rings. The minimum absolute atomic E-state index is 0.319. The molecule has 1 heterocycles. The predicted molar refractivity (Wildman–Crippen MR) is 67.8 cm³/mol. The van der Waals surface area contributed by atoms with Crippen LogP contribution in [0, 0.1) is 5.92 Å². The number of likely N-dealkylation sites (tertiary alicyclic amines) is 1. The van der Waals surface area contributed by atoms with Gasteiger partial charge < -0.3 is 9.84 Å². The number of aliphatic hydroxyl groups excluding tert-OH is 1. The molecule has 0 radical (unpaired) electrons. The molecule has 2 rings (SSSR count). The van der Waals surface area contributed by atoms with Gasteiger partial charge in [-0.05, 0) is 12.0 Å². The molecule has 0 aromatic heterocycles. The lowest BCUT2D eigenvalue weighted by Crippen LogP contribution is -2.46. The molecule has 0 bridgehead atoms. The first-order chi connectivity index (χ1) is 8.70. The first-order valence-electron chi connectivity index (χ1n) is 6.23. The third-order valence-corrected chi connectivity index (χ3v) is 3.41. The fourth-order valence-corrected chi connectivity index (χ4v) is 2.38. The van der Waals surface area contributed by atoms with E-state index in [1.165, 1.54) is 12.7 Å². The van der Waals surface area contributed by atoms with Crippen molar-refractivity contribution in [2.24, 2.45) is 5.92 Å². The van der Waals surface area contributed by atoms with Crippen molar-refractivity contribution in [2.75, 3.05) is 20.2 Å². The van der Waals surface area contributed by atoms with Gasteiger partial charge in [-0.15, -0.1) is 0 Å². The van der Waals surface area contributed by atoms with E-state index in [-0.39, 0.29) is 5.97 Å². The maximum absolute atomic E-state index is 11.6. The van der Waals surface area contributed by atoms with Gasteiger partial charge in [0.05, 0.1) is 19.1 Å². The Morgan fingerprint density at radius 3 is 2.83 bits per heavy atom. The standard InChI is InChI=1S/C14H19NO3/c1-18-14(17)12-10-15(8-7-13(12)16)9-11-5-3-2-4-6-11/h2-6,12-13,16H,7-10H2,1H3/t12-,13-/m1/s1. The normalized spacial score (nSPS) is 24.8. The SMILES string of the molecule is COC(=O)[C@@H]1CN(Cc2ccccc2)CC[C@H]1O. The molecule has 18 heavy (non-hydrogen) atoms. The average Bonchev–Trinajstić information content (AvgIpc) is 2.41. The van der Waals surface area contributed by atoms with Crippen LogP contribution in [0.2, 0.25) is 0 Å². The highest BCUT2D eigenvalue weighted by Gasteiger charge is 2.33. The zero-order valence-electron chi connectivity index (χ0n) is 10.6. The Morgan fingerprint density at radius 2 is 2.17 bits per heavy atom. The lowest BCUT2D eigenvalue weighted by molar-refractivity contribution is -0.152. The summed E-state index contributed by atoms with van der Waals surface area (Å²) >= 11 is 0. The van der Waals surface area contributed by atoms with E-state index in [0.717, 1.165) is 13.1 Å². The Balaban J connectivity index is 1.97. The number of methoxy groups -OCH3 is 1. The summed E-state index contributed by atoms with van der Waals surface area (Å²) in [4.78, 5) is 13.8. The maximum Gasteiger partial charge on any atom is 0.312 e. The highest BCUT2D eigenvalue weighted by atomic mass is 16.5. The molecule has 0 saturated carbocycles. The second kappa shape index (κ2) is 5.98. The quantitative estimate of drug-likeness (QED) is 0.813. The van der Waals surface area contributed by atoms with E-state index in [1.807, 2.05) is 18.2 Å². The lowest BCUT2D eigenvalue weighted by Gasteiger charge is -2.34. The fourth-order valence-electron chi connectivity index (χ4n) is 2.38. The van der Waals surface area contributed by atoms with Crippen LogP contribution < -0.4 is 0 Å². The second-order valence-corrected chi connectivity index (χ2v) is 4.71. The minimum atomic E-state index is -0.579. The van der Waals surface area contributed by atoms with Gasteiger partial charge in [0.25, 0.3) is 0 Å². The fraction of sp³-hybridized carbons (Fsp3) is 0.500. The zero-order valence-corrected chi connectivity index (χ0v) is 10.6. The molecular weight excluding hydrogens is 230 g/mol. The van der Waals surface area contributed by atoms with Crippen LogP contribution in [-0.2, 0) is 16.1 Å². The predicted octanol–water partition coefficient (Wildman–Crippen LogP) is 1.04. The van der Waals surface area contributed by atoms with E-state index < -0.39 is 12.0 Å². The molecule has 1 fully saturated rings. The number of ether oxygens (including phenoxy) is 1. The number of nitrogens with zero attached hydrogens (tertiary/aromatic N) is 1. The van der Waals surface area contributed by atoms with E-state index in [1.54, 1.807) is 0 Å². The first-order valence-corrected chi connectivity index (χ1v) is 6.23. The van der Waals surface area contributed by atoms with Crippen LogP contribution in [0.5, 0.6) is 0 Å². The number of carbonyl (C=O) groups is 1. The summed E-state index contributed by atoms with van der Waals surface area (Å²) in [5.41, 5.74) is 1.22. The van der Waals surface area contributed by atoms with Crippen LogP contribution in [0.4, 0.5) is 0 Å². The Bertz CT molecular complexity index is 393. The van der Waals surface area contributed by atoms with Gasteiger partial charge in [0.15, 0.2) is 0 Å². The van der Waals surface area contributed by atoms with Gasteiger partial charge in [0.2, 0.25) is 0 Å². The summed E-state index contributed by atoms with van der Waals surface area (Å²) in [6.45, 7) is 2.17. The number of piperidine rings is 1. The third kappa shape index (κ3) is 3.09. The number of hydrogen-bond acceptors (Lipinski definition) is 4. The number of benzene rings is 1. The molecule has 1 aromatic rings. The summed E-state index contributed by atoms with van der Waals surface area (Å²) in [6.07, 6.45) is 0.0385.